The molecule has 0 bridgehead atoms. The molecule has 1 heterocycles. The van der Waals surface area contributed by atoms with Gasteiger partial charge < -0.3 is 4.90 Å². The van der Waals surface area contributed by atoms with Crippen LogP contribution in [0.5, 0.6) is 0 Å². The molecule has 1 aliphatic rings. The summed E-state index contributed by atoms with van der Waals surface area (Å²) in [5.41, 5.74) is 0. The fraction of sp³-hybridized carbons (Fsp3) is 0.941. The highest BCUT2D eigenvalue weighted by atomic mass is 32.2. The second-order valence-corrected chi connectivity index (χ2v) is 8.08. The van der Waals surface area contributed by atoms with E-state index in [1.165, 1.54) is 57.8 Å². The van der Waals surface area contributed by atoms with Gasteiger partial charge in [-0.25, -0.2) is 0 Å². The van der Waals surface area contributed by atoms with Gasteiger partial charge in [-0.1, -0.05) is 58.3 Å². The Morgan fingerprint density at radius 2 is 1.61 bits per heavy atom. The molecule has 0 radical (unpaired) electrons. The van der Waals surface area contributed by atoms with E-state index in [1.54, 1.807) is 0 Å². The minimum atomic E-state index is -3.84. The van der Waals surface area contributed by atoms with Crippen molar-refractivity contribution in [3.8, 4) is 0 Å². The summed E-state index contributed by atoms with van der Waals surface area (Å²) in [6.07, 6.45) is 13.3. The average Bonchev–Trinajstić information content (AvgIpc) is 2.92. The number of hydrogen-bond donors (Lipinski definition) is 1. The van der Waals surface area contributed by atoms with Crippen LogP contribution in [0.3, 0.4) is 0 Å². The summed E-state index contributed by atoms with van der Waals surface area (Å²) in [4.78, 5) is 6.71. The standard InChI is InChI=1S/C17H34N2O3S/c1-2-3-4-5-6-7-8-9-10-12-17-18-13-15-19(17)14-11-16-23(20,21)22/h2-16H2,1H3,(H,20,21,22). The van der Waals surface area contributed by atoms with Crippen molar-refractivity contribution in [2.75, 3.05) is 25.4 Å². The third kappa shape index (κ3) is 10.7. The van der Waals surface area contributed by atoms with Crippen molar-refractivity contribution in [1.29, 1.82) is 0 Å². The smallest absolute Gasteiger partial charge is 0.264 e. The Bertz CT molecular complexity index is 435. The number of aliphatic imine (C=N–C) groups is 1. The van der Waals surface area contributed by atoms with E-state index in [0.717, 1.165) is 25.3 Å². The van der Waals surface area contributed by atoms with Crippen molar-refractivity contribution in [2.24, 2.45) is 4.99 Å². The second-order valence-electron chi connectivity index (χ2n) is 6.50. The van der Waals surface area contributed by atoms with Crippen LogP contribution in [-0.4, -0.2) is 49.1 Å². The highest BCUT2D eigenvalue weighted by Crippen LogP contribution is 2.13. The third-order valence-corrected chi connectivity index (χ3v) is 5.17. The lowest BCUT2D eigenvalue weighted by Crippen LogP contribution is -2.29. The van der Waals surface area contributed by atoms with Crippen molar-refractivity contribution in [3.05, 3.63) is 0 Å². The van der Waals surface area contributed by atoms with E-state index in [2.05, 4.69) is 16.8 Å². The van der Waals surface area contributed by atoms with Crippen LogP contribution >= 0.6 is 0 Å². The number of hydrogen-bond acceptors (Lipinski definition) is 4. The van der Waals surface area contributed by atoms with Gasteiger partial charge >= 0.3 is 0 Å². The molecule has 0 aromatic carbocycles. The molecule has 0 aromatic heterocycles. The molecule has 23 heavy (non-hydrogen) atoms. The first-order chi connectivity index (χ1) is 11.0. The zero-order valence-corrected chi connectivity index (χ0v) is 15.5. The van der Waals surface area contributed by atoms with Gasteiger partial charge in [0.05, 0.1) is 18.1 Å². The Morgan fingerprint density at radius 1 is 1.00 bits per heavy atom. The lowest BCUT2D eigenvalue weighted by molar-refractivity contribution is 0.434. The van der Waals surface area contributed by atoms with Crippen molar-refractivity contribution in [3.63, 3.8) is 0 Å². The molecule has 136 valence electrons. The molecule has 0 aliphatic carbocycles. The first-order valence-electron chi connectivity index (χ1n) is 9.26. The minimum Gasteiger partial charge on any atom is -0.358 e. The minimum absolute atomic E-state index is 0.158. The molecule has 6 heteroatoms. The Kier molecular flexibility index (Phi) is 10.5. The molecule has 0 atom stereocenters. The molecule has 5 nitrogen and oxygen atoms in total. The first-order valence-corrected chi connectivity index (χ1v) is 10.9. The second kappa shape index (κ2) is 11.8. The van der Waals surface area contributed by atoms with Crippen LogP contribution in [0.15, 0.2) is 4.99 Å². The van der Waals surface area contributed by atoms with E-state index in [9.17, 15) is 8.42 Å². The quantitative estimate of drug-likeness (QED) is 0.382. The Labute approximate surface area is 142 Å². The zero-order chi connectivity index (χ0) is 17.0. The molecule has 0 aromatic rings. The van der Waals surface area contributed by atoms with Crippen molar-refractivity contribution in [2.45, 2.75) is 77.6 Å². The lowest BCUT2D eigenvalue weighted by atomic mass is 10.1. The summed E-state index contributed by atoms with van der Waals surface area (Å²) in [6, 6.07) is 0. The van der Waals surface area contributed by atoms with Gasteiger partial charge in [0, 0.05) is 19.5 Å². The van der Waals surface area contributed by atoms with Gasteiger partial charge in [0.1, 0.15) is 0 Å². The van der Waals surface area contributed by atoms with Gasteiger partial charge in [-0.2, -0.15) is 8.42 Å². The van der Waals surface area contributed by atoms with Crippen LogP contribution < -0.4 is 0 Å². The molecular weight excluding hydrogens is 312 g/mol. The number of rotatable bonds is 14. The van der Waals surface area contributed by atoms with E-state index < -0.39 is 10.1 Å². The Morgan fingerprint density at radius 3 is 2.22 bits per heavy atom. The molecule has 0 saturated heterocycles. The monoisotopic (exact) mass is 346 g/mol. The molecule has 0 fully saturated rings. The fourth-order valence-electron chi connectivity index (χ4n) is 3.04. The molecular formula is C17H34N2O3S. The lowest BCUT2D eigenvalue weighted by Gasteiger charge is -2.20. The number of unbranched alkanes of at least 4 members (excludes halogenated alkanes) is 8. The average molecular weight is 347 g/mol. The zero-order valence-electron chi connectivity index (χ0n) is 14.7. The number of amidine groups is 1. The van der Waals surface area contributed by atoms with E-state index in [4.69, 9.17) is 4.55 Å². The van der Waals surface area contributed by atoms with Crippen molar-refractivity contribution < 1.29 is 13.0 Å². The van der Waals surface area contributed by atoms with E-state index in [1.807, 2.05) is 0 Å². The Balaban J connectivity index is 2.03. The van der Waals surface area contributed by atoms with Crippen LogP contribution in [0, 0.1) is 0 Å². The highest BCUT2D eigenvalue weighted by Gasteiger charge is 2.16. The van der Waals surface area contributed by atoms with E-state index in [-0.39, 0.29) is 5.75 Å². The SMILES string of the molecule is CCCCCCCCCCCC1=NCCN1CCCS(=O)(=O)O. The van der Waals surface area contributed by atoms with E-state index in [0.29, 0.717) is 13.0 Å². The maximum Gasteiger partial charge on any atom is 0.264 e. The van der Waals surface area contributed by atoms with Crippen LogP contribution in [-0.2, 0) is 10.1 Å². The summed E-state index contributed by atoms with van der Waals surface area (Å²) in [7, 11) is -3.84. The molecule has 0 amide bonds. The molecule has 0 saturated carbocycles. The van der Waals surface area contributed by atoms with E-state index >= 15 is 0 Å². The third-order valence-electron chi connectivity index (χ3n) is 4.36. The van der Waals surface area contributed by atoms with Gasteiger partial charge in [-0.3, -0.25) is 9.55 Å². The highest BCUT2D eigenvalue weighted by molar-refractivity contribution is 7.85. The van der Waals surface area contributed by atoms with Crippen molar-refractivity contribution >= 4 is 16.0 Å². The normalized spacial score (nSPS) is 15.2. The van der Waals surface area contributed by atoms with Crippen LogP contribution in [0.1, 0.15) is 77.6 Å². The van der Waals surface area contributed by atoms with Gasteiger partial charge in [0.2, 0.25) is 0 Å². The van der Waals surface area contributed by atoms with Gasteiger partial charge in [-0.15, -0.1) is 0 Å². The van der Waals surface area contributed by atoms with Gasteiger partial charge in [0.25, 0.3) is 10.1 Å². The predicted octanol–water partition coefficient (Wildman–Crippen LogP) is 3.90. The first kappa shape index (κ1) is 20.4. The Hall–Kier alpha value is -0.620. The maximum absolute atomic E-state index is 10.7. The molecule has 1 N–H and O–H groups in total. The van der Waals surface area contributed by atoms with Crippen LogP contribution in [0.4, 0.5) is 0 Å². The molecule has 0 unspecified atom stereocenters. The number of nitrogens with zero attached hydrogens (tertiary/aromatic N) is 2. The maximum atomic E-state index is 10.7. The predicted molar refractivity (Wildman–Crippen MR) is 96.8 cm³/mol. The summed E-state index contributed by atoms with van der Waals surface area (Å²) in [5, 5.41) is 0. The topological polar surface area (TPSA) is 70.0 Å². The summed E-state index contributed by atoms with van der Waals surface area (Å²) in [6.45, 7) is 4.63. The summed E-state index contributed by atoms with van der Waals surface area (Å²) >= 11 is 0. The van der Waals surface area contributed by atoms with Crippen molar-refractivity contribution in [1.82, 2.24) is 4.90 Å². The largest absolute Gasteiger partial charge is 0.358 e. The van der Waals surface area contributed by atoms with Gasteiger partial charge in [-0.05, 0) is 12.8 Å². The molecule has 1 rings (SSSR count). The van der Waals surface area contributed by atoms with Crippen LogP contribution in [0.2, 0.25) is 0 Å². The molecule has 1 aliphatic heterocycles. The summed E-state index contributed by atoms with van der Waals surface area (Å²) in [5.74, 6) is 0.970. The fourth-order valence-corrected chi connectivity index (χ4v) is 3.53. The summed E-state index contributed by atoms with van der Waals surface area (Å²) < 4.78 is 30.3. The molecule has 0 spiro atoms. The van der Waals surface area contributed by atoms with Crippen LogP contribution in [0.25, 0.3) is 0 Å². The van der Waals surface area contributed by atoms with Gasteiger partial charge in [0.15, 0.2) is 0 Å².